The molecule has 1 aromatic carbocycles. The second-order valence-electron chi connectivity index (χ2n) is 3.48. The van der Waals surface area contributed by atoms with Crippen molar-refractivity contribution in [2.75, 3.05) is 5.73 Å². The lowest BCUT2D eigenvalue weighted by Gasteiger charge is -2.09. The number of benzene rings is 1. The molecule has 20 heavy (non-hydrogen) atoms. The Labute approximate surface area is 134 Å². The second kappa shape index (κ2) is 5.90. The summed E-state index contributed by atoms with van der Waals surface area (Å²) in [6, 6.07) is 4.00. The van der Waals surface area contributed by atoms with Gasteiger partial charge in [0.05, 0.1) is 13.9 Å². The Morgan fingerprint density at radius 2 is 1.85 bits per heavy atom. The quantitative estimate of drug-likeness (QED) is 0.455. The van der Waals surface area contributed by atoms with Gasteiger partial charge in [-0.3, -0.25) is 10.1 Å². The average molecular weight is 424 g/mol. The number of halogens is 3. The second-order valence-corrected chi connectivity index (χ2v) is 5.58. The Bertz CT molecular complexity index is 655. The summed E-state index contributed by atoms with van der Waals surface area (Å²) in [4.78, 5) is 17.8. The summed E-state index contributed by atoms with van der Waals surface area (Å²) in [6.07, 6.45) is 0. The molecule has 0 amide bonds. The molecule has 1 aromatic heterocycles. The lowest BCUT2D eigenvalue weighted by atomic mass is 10.3. The molecule has 2 aromatic rings. The van der Waals surface area contributed by atoms with Gasteiger partial charge >= 0.3 is 0 Å². The minimum Gasteiger partial charge on any atom is -0.436 e. The van der Waals surface area contributed by atoms with E-state index in [4.69, 9.17) is 22.1 Å². The number of nitrogens with two attached hydrogens (primary N) is 1. The maximum absolute atomic E-state index is 10.7. The van der Waals surface area contributed by atoms with Crippen molar-refractivity contribution in [3.8, 4) is 11.6 Å². The molecule has 0 bridgehead atoms. The highest BCUT2D eigenvalue weighted by molar-refractivity contribution is 9.11. The Hall–Kier alpha value is -1.45. The fourth-order valence-electron chi connectivity index (χ4n) is 1.32. The van der Waals surface area contributed by atoms with Gasteiger partial charge in [-0.05, 0) is 31.9 Å². The highest BCUT2D eigenvalue weighted by Gasteiger charge is 2.16. The maximum atomic E-state index is 10.7. The van der Waals surface area contributed by atoms with Crippen molar-refractivity contribution in [1.82, 2.24) is 9.97 Å². The van der Waals surface area contributed by atoms with E-state index < -0.39 is 4.92 Å². The first-order valence-electron chi connectivity index (χ1n) is 4.98. The molecule has 0 spiro atoms. The van der Waals surface area contributed by atoms with Crippen LogP contribution in [-0.2, 0) is 0 Å². The number of nitrogen functional groups attached to an aromatic ring is 1. The van der Waals surface area contributed by atoms with Crippen LogP contribution in [0.2, 0.25) is 5.15 Å². The number of nitrogens with zero attached hydrogens (tertiary/aromatic N) is 3. The van der Waals surface area contributed by atoms with Crippen molar-refractivity contribution < 1.29 is 9.66 Å². The number of non-ortho nitro benzene ring substituents is 1. The van der Waals surface area contributed by atoms with E-state index >= 15 is 0 Å². The SMILES string of the molecule is Nc1nc(Cl)cc(Oc2c(Br)cc([N+](=O)[O-])cc2Br)n1. The molecule has 7 nitrogen and oxygen atoms in total. The van der Waals surface area contributed by atoms with Gasteiger partial charge in [-0.25, -0.2) is 4.98 Å². The smallest absolute Gasteiger partial charge is 0.271 e. The molecule has 0 unspecified atom stereocenters. The van der Waals surface area contributed by atoms with E-state index in [0.717, 1.165) is 0 Å². The first-order valence-corrected chi connectivity index (χ1v) is 6.94. The standard InChI is InChI=1S/C10H5Br2ClN4O3/c11-5-1-4(17(18)19)2-6(12)9(5)20-8-3-7(13)15-10(14)16-8/h1-3H,(H2,14,15,16). The van der Waals surface area contributed by atoms with Crippen molar-refractivity contribution in [1.29, 1.82) is 0 Å². The first kappa shape index (κ1) is 14.9. The Morgan fingerprint density at radius 3 is 2.35 bits per heavy atom. The Balaban J connectivity index is 2.41. The lowest BCUT2D eigenvalue weighted by molar-refractivity contribution is -0.385. The fraction of sp³-hybridized carbons (Fsp3) is 0. The maximum Gasteiger partial charge on any atom is 0.271 e. The predicted molar refractivity (Wildman–Crippen MR) is 80.0 cm³/mol. The van der Waals surface area contributed by atoms with Crippen LogP contribution in [0.5, 0.6) is 11.6 Å². The molecule has 10 heteroatoms. The van der Waals surface area contributed by atoms with Gasteiger partial charge in [0.25, 0.3) is 5.69 Å². The number of anilines is 1. The van der Waals surface area contributed by atoms with Gasteiger partial charge in [0.15, 0.2) is 5.75 Å². The van der Waals surface area contributed by atoms with Crippen LogP contribution in [0.3, 0.4) is 0 Å². The average Bonchev–Trinajstić information content (AvgIpc) is 2.32. The van der Waals surface area contributed by atoms with Crippen molar-refractivity contribution in [3.63, 3.8) is 0 Å². The number of nitro groups is 1. The molecule has 2 N–H and O–H groups in total. The summed E-state index contributed by atoms with van der Waals surface area (Å²) in [7, 11) is 0. The Morgan fingerprint density at radius 1 is 1.25 bits per heavy atom. The zero-order valence-electron chi connectivity index (χ0n) is 9.51. The number of ether oxygens (including phenoxy) is 1. The number of nitro benzene ring substituents is 1. The zero-order chi connectivity index (χ0) is 14.9. The van der Waals surface area contributed by atoms with Crippen molar-refractivity contribution >= 4 is 55.1 Å². The molecule has 2 rings (SSSR count). The van der Waals surface area contributed by atoms with E-state index in [-0.39, 0.29) is 22.7 Å². The fourth-order valence-corrected chi connectivity index (χ4v) is 2.82. The number of aromatic nitrogens is 2. The number of rotatable bonds is 3. The molecule has 1 heterocycles. The van der Waals surface area contributed by atoms with Crippen LogP contribution < -0.4 is 10.5 Å². The summed E-state index contributed by atoms with van der Waals surface area (Å²) in [5.74, 6) is 0.393. The van der Waals surface area contributed by atoms with E-state index in [0.29, 0.717) is 14.7 Å². The summed E-state index contributed by atoms with van der Waals surface area (Å²) in [5, 5.41) is 10.9. The van der Waals surface area contributed by atoms with Crippen LogP contribution in [0.1, 0.15) is 0 Å². The van der Waals surface area contributed by atoms with Gasteiger partial charge < -0.3 is 10.5 Å². The third-order valence-corrected chi connectivity index (χ3v) is 3.46. The highest BCUT2D eigenvalue weighted by atomic mass is 79.9. The zero-order valence-corrected chi connectivity index (χ0v) is 13.4. The van der Waals surface area contributed by atoms with Gasteiger partial charge in [0.2, 0.25) is 11.8 Å². The summed E-state index contributed by atoms with van der Waals surface area (Å²) in [6.45, 7) is 0. The van der Waals surface area contributed by atoms with E-state index in [9.17, 15) is 10.1 Å². The molecule has 0 aliphatic carbocycles. The largest absolute Gasteiger partial charge is 0.436 e. The molecule has 0 atom stereocenters. The van der Waals surface area contributed by atoms with Gasteiger partial charge in [-0.2, -0.15) is 4.98 Å². The molecule has 104 valence electrons. The van der Waals surface area contributed by atoms with Crippen LogP contribution >= 0.6 is 43.5 Å². The number of hydrogen-bond acceptors (Lipinski definition) is 6. The molecule has 0 saturated heterocycles. The highest BCUT2D eigenvalue weighted by Crippen LogP contribution is 2.39. The molecule has 0 aliphatic rings. The van der Waals surface area contributed by atoms with Crippen LogP contribution in [0.4, 0.5) is 11.6 Å². The van der Waals surface area contributed by atoms with E-state index in [1.165, 1.54) is 18.2 Å². The minimum absolute atomic E-state index is 0.0401. The van der Waals surface area contributed by atoms with Crippen LogP contribution in [0, 0.1) is 10.1 Å². The molecule has 0 saturated carbocycles. The van der Waals surface area contributed by atoms with Crippen molar-refractivity contribution in [2.24, 2.45) is 0 Å². The third kappa shape index (κ3) is 3.35. The monoisotopic (exact) mass is 422 g/mol. The van der Waals surface area contributed by atoms with E-state index in [1.54, 1.807) is 0 Å². The first-order chi connectivity index (χ1) is 9.36. The van der Waals surface area contributed by atoms with Crippen molar-refractivity contribution in [2.45, 2.75) is 0 Å². The van der Waals surface area contributed by atoms with Crippen LogP contribution in [0.25, 0.3) is 0 Å². The van der Waals surface area contributed by atoms with E-state index in [1.807, 2.05) is 0 Å². The van der Waals surface area contributed by atoms with Crippen molar-refractivity contribution in [3.05, 3.63) is 42.4 Å². The normalized spacial score (nSPS) is 10.3. The molecule has 0 aliphatic heterocycles. The summed E-state index contributed by atoms with van der Waals surface area (Å²) >= 11 is 12.1. The topological polar surface area (TPSA) is 104 Å². The van der Waals surface area contributed by atoms with Gasteiger partial charge in [-0.15, -0.1) is 0 Å². The summed E-state index contributed by atoms with van der Waals surface area (Å²) < 4.78 is 6.27. The summed E-state index contributed by atoms with van der Waals surface area (Å²) in [5.41, 5.74) is 5.37. The van der Waals surface area contributed by atoms with Crippen LogP contribution in [-0.4, -0.2) is 14.9 Å². The molecular formula is C10H5Br2ClN4O3. The van der Waals surface area contributed by atoms with E-state index in [2.05, 4.69) is 41.8 Å². The van der Waals surface area contributed by atoms with Gasteiger partial charge in [0, 0.05) is 18.2 Å². The van der Waals surface area contributed by atoms with Gasteiger partial charge in [0.1, 0.15) is 5.15 Å². The van der Waals surface area contributed by atoms with Gasteiger partial charge in [-0.1, -0.05) is 11.6 Å². The third-order valence-electron chi connectivity index (χ3n) is 2.09. The lowest BCUT2D eigenvalue weighted by Crippen LogP contribution is -1.98. The van der Waals surface area contributed by atoms with Crippen LogP contribution in [0.15, 0.2) is 27.1 Å². The molecule has 0 radical (unpaired) electrons. The predicted octanol–water partition coefficient (Wildman–Crippen LogP) is 3.94. The Kier molecular flexibility index (Phi) is 4.41. The minimum atomic E-state index is -0.515. The molecule has 0 fully saturated rings. The molecular weight excluding hydrogens is 419 g/mol. The number of hydrogen-bond donors (Lipinski definition) is 1.